The van der Waals surface area contributed by atoms with Gasteiger partial charge in [-0.1, -0.05) is 6.42 Å². The summed E-state index contributed by atoms with van der Waals surface area (Å²) >= 11 is 0. The lowest BCUT2D eigenvalue weighted by molar-refractivity contribution is -0.0244. The van der Waals surface area contributed by atoms with Gasteiger partial charge in [-0.3, -0.25) is 0 Å². The maximum absolute atomic E-state index is 10.5. The predicted octanol–water partition coefficient (Wildman–Crippen LogP) is 0.975. The van der Waals surface area contributed by atoms with E-state index in [1.165, 1.54) is 25.8 Å². The van der Waals surface area contributed by atoms with E-state index >= 15 is 0 Å². The fourth-order valence-corrected chi connectivity index (χ4v) is 2.94. The van der Waals surface area contributed by atoms with Gasteiger partial charge in [0.25, 0.3) is 0 Å². The van der Waals surface area contributed by atoms with Gasteiger partial charge >= 0.3 is 0 Å². The Morgan fingerprint density at radius 2 is 2.07 bits per heavy atom. The maximum Gasteiger partial charge on any atom is 0.0686 e. The molecule has 2 aliphatic heterocycles. The Kier molecular flexibility index (Phi) is 3.65. The SMILES string of the molecule is CN1CCCCC1CC1(O)CCNCC1. The Morgan fingerprint density at radius 1 is 1.33 bits per heavy atom. The summed E-state index contributed by atoms with van der Waals surface area (Å²) in [6.07, 6.45) is 6.77. The number of likely N-dealkylation sites (tertiary alicyclic amines) is 1. The lowest BCUT2D eigenvalue weighted by Crippen LogP contribution is -2.48. The topological polar surface area (TPSA) is 35.5 Å². The fraction of sp³-hybridized carbons (Fsp3) is 1.00. The fourth-order valence-electron chi connectivity index (χ4n) is 2.94. The molecule has 0 radical (unpaired) electrons. The first kappa shape index (κ1) is 11.4. The summed E-state index contributed by atoms with van der Waals surface area (Å²) in [7, 11) is 2.20. The lowest BCUT2D eigenvalue weighted by atomic mass is 9.83. The molecule has 0 aromatic rings. The van der Waals surface area contributed by atoms with Crippen LogP contribution in [0.25, 0.3) is 0 Å². The number of nitrogens with zero attached hydrogens (tertiary/aromatic N) is 1. The van der Waals surface area contributed by atoms with Crippen molar-refractivity contribution < 1.29 is 5.11 Å². The van der Waals surface area contributed by atoms with Crippen LogP contribution < -0.4 is 5.32 Å². The predicted molar refractivity (Wildman–Crippen MR) is 61.9 cm³/mol. The van der Waals surface area contributed by atoms with Gasteiger partial charge in [-0.05, 0) is 58.8 Å². The van der Waals surface area contributed by atoms with Gasteiger partial charge in [0.15, 0.2) is 0 Å². The molecule has 0 amide bonds. The van der Waals surface area contributed by atoms with Crippen molar-refractivity contribution in [2.24, 2.45) is 0 Å². The average molecular weight is 212 g/mol. The van der Waals surface area contributed by atoms with E-state index in [1.54, 1.807) is 0 Å². The van der Waals surface area contributed by atoms with Crippen LogP contribution in [0, 0.1) is 0 Å². The van der Waals surface area contributed by atoms with Crippen LogP contribution in [0.3, 0.4) is 0 Å². The molecule has 2 saturated heterocycles. The highest BCUT2D eigenvalue weighted by Crippen LogP contribution is 2.29. The van der Waals surface area contributed by atoms with Gasteiger partial charge in [0, 0.05) is 6.04 Å². The second kappa shape index (κ2) is 4.81. The largest absolute Gasteiger partial charge is 0.390 e. The van der Waals surface area contributed by atoms with Crippen molar-refractivity contribution in [1.29, 1.82) is 0 Å². The van der Waals surface area contributed by atoms with Crippen LogP contribution in [0.4, 0.5) is 0 Å². The van der Waals surface area contributed by atoms with E-state index in [0.29, 0.717) is 6.04 Å². The summed E-state index contributed by atoms with van der Waals surface area (Å²) in [5.74, 6) is 0. The summed E-state index contributed by atoms with van der Waals surface area (Å²) < 4.78 is 0. The average Bonchev–Trinajstić information content (AvgIpc) is 2.22. The first-order chi connectivity index (χ1) is 7.20. The number of nitrogens with one attached hydrogen (secondary N) is 1. The van der Waals surface area contributed by atoms with E-state index < -0.39 is 0 Å². The number of aliphatic hydroxyl groups is 1. The molecule has 2 aliphatic rings. The van der Waals surface area contributed by atoms with Crippen LogP contribution in [0.1, 0.15) is 38.5 Å². The van der Waals surface area contributed by atoms with Crippen molar-refractivity contribution in [2.45, 2.75) is 50.2 Å². The summed E-state index contributed by atoms with van der Waals surface area (Å²) in [5, 5.41) is 13.8. The van der Waals surface area contributed by atoms with Crippen molar-refractivity contribution in [3.63, 3.8) is 0 Å². The Morgan fingerprint density at radius 3 is 2.73 bits per heavy atom. The van der Waals surface area contributed by atoms with Gasteiger partial charge in [0.2, 0.25) is 0 Å². The molecule has 3 heteroatoms. The number of rotatable bonds is 2. The third-order valence-corrected chi connectivity index (χ3v) is 4.07. The second-order valence-electron chi connectivity index (χ2n) is 5.31. The molecule has 15 heavy (non-hydrogen) atoms. The molecule has 3 nitrogen and oxygen atoms in total. The molecule has 0 bridgehead atoms. The molecule has 1 unspecified atom stereocenters. The van der Waals surface area contributed by atoms with Crippen molar-refractivity contribution >= 4 is 0 Å². The molecule has 2 fully saturated rings. The van der Waals surface area contributed by atoms with Crippen LogP contribution in [-0.4, -0.2) is 48.3 Å². The Labute approximate surface area is 92.8 Å². The van der Waals surface area contributed by atoms with E-state index in [2.05, 4.69) is 17.3 Å². The molecule has 2 heterocycles. The summed E-state index contributed by atoms with van der Waals surface area (Å²) in [5.41, 5.74) is -0.387. The number of hydrogen-bond donors (Lipinski definition) is 2. The molecule has 0 saturated carbocycles. The highest BCUT2D eigenvalue weighted by Gasteiger charge is 2.33. The monoisotopic (exact) mass is 212 g/mol. The first-order valence-electron chi connectivity index (χ1n) is 6.33. The Balaban J connectivity index is 1.88. The molecule has 2 rings (SSSR count). The van der Waals surface area contributed by atoms with Crippen LogP contribution in [0.2, 0.25) is 0 Å². The minimum atomic E-state index is -0.387. The third-order valence-electron chi connectivity index (χ3n) is 4.07. The summed E-state index contributed by atoms with van der Waals surface area (Å²) in [6, 6.07) is 0.613. The van der Waals surface area contributed by atoms with Gasteiger partial charge in [0.05, 0.1) is 5.60 Å². The van der Waals surface area contributed by atoms with Crippen molar-refractivity contribution in [3.8, 4) is 0 Å². The second-order valence-corrected chi connectivity index (χ2v) is 5.31. The van der Waals surface area contributed by atoms with Gasteiger partial charge < -0.3 is 15.3 Å². The molecule has 1 atom stereocenters. The number of hydrogen-bond acceptors (Lipinski definition) is 3. The zero-order valence-electron chi connectivity index (χ0n) is 9.84. The zero-order chi connectivity index (χ0) is 10.7. The van der Waals surface area contributed by atoms with Gasteiger partial charge in [0.1, 0.15) is 0 Å². The first-order valence-corrected chi connectivity index (χ1v) is 6.33. The van der Waals surface area contributed by atoms with E-state index in [9.17, 15) is 5.11 Å². The minimum absolute atomic E-state index is 0.387. The van der Waals surface area contributed by atoms with Crippen LogP contribution >= 0.6 is 0 Å². The molecule has 0 aliphatic carbocycles. The molecular weight excluding hydrogens is 188 g/mol. The summed E-state index contributed by atoms with van der Waals surface area (Å²) in [4.78, 5) is 2.43. The van der Waals surface area contributed by atoms with E-state index in [0.717, 1.165) is 32.4 Å². The maximum atomic E-state index is 10.5. The molecule has 0 aromatic heterocycles. The van der Waals surface area contributed by atoms with Crippen LogP contribution in [0.5, 0.6) is 0 Å². The normalized spacial score (nSPS) is 32.8. The minimum Gasteiger partial charge on any atom is -0.390 e. The molecule has 0 aromatic carbocycles. The van der Waals surface area contributed by atoms with E-state index in [1.807, 2.05) is 0 Å². The van der Waals surface area contributed by atoms with Crippen LogP contribution in [0.15, 0.2) is 0 Å². The Hall–Kier alpha value is -0.120. The van der Waals surface area contributed by atoms with E-state index in [4.69, 9.17) is 0 Å². The third kappa shape index (κ3) is 2.92. The van der Waals surface area contributed by atoms with Gasteiger partial charge in [-0.2, -0.15) is 0 Å². The van der Waals surface area contributed by atoms with Crippen molar-refractivity contribution in [3.05, 3.63) is 0 Å². The zero-order valence-corrected chi connectivity index (χ0v) is 9.84. The molecule has 0 spiro atoms. The number of piperidine rings is 2. The molecular formula is C12H24N2O. The van der Waals surface area contributed by atoms with Crippen molar-refractivity contribution in [1.82, 2.24) is 10.2 Å². The van der Waals surface area contributed by atoms with Crippen molar-refractivity contribution in [2.75, 3.05) is 26.7 Å². The quantitative estimate of drug-likeness (QED) is 0.716. The highest BCUT2D eigenvalue weighted by molar-refractivity contribution is 4.90. The van der Waals surface area contributed by atoms with E-state index in [-0.39, 0.29) is 5.60 Å². The van der Waals surface area contributed by atoms with Gasteiger partial charge in [-0.15, -0.1) is 0 Å². The van der Waals surface area contributed by atoms with Crippen LogP contribution in [-0.2, 0) is 0 Å². The lowest BCUT2D eigenvalue weighted by Gasteiger charge is -2.40. The molecule has 88 valence electrons. The van der Waals surface area contributed by atoms with Gasteiger partial charge in [-0.25, -0.2) is 0 Å². The standard InChI is InChI=1S/C12H24N2O/c1-14-9-3-2-4-11(14)10-12(15)5-7-13-8-6-12/h11,13,15H,2-10H2,1H3. The summed E-state index contributed by atoms with van der Waals surface area (Å²) in [6.45, 7) is 3.17. The smallest absolute Gasteiger partial charge is 0.0686 e. The highest BCUT2D eigenvalue weighted by atomic mass is 16.3. The Bertz CT molecular complexity index is 202. The molecule has 2 N–H and O–H groups in total.